The van der Waals surface area contributed by atoms with Crippen LogP contribution in [0.1, 0.15) is 38.5 Å². The fourth-order valence-electron chi connectivity index (χ4n) is 5.04. The smallest absolute Gasteiger partial charge is 0.319 e. The van der Waals surface area contributed by atoms with Crippen molar-refractivity contribution in [1.29, 1.82) is 0 Å². The molecule has 0 spiro atoms. The molecule has 0 atom stereocenters. The van der Waals surface area contributed by atoms with E-state index in [0.717, 1.165) is 93.3 Å². The summed E-state index contributed by atoms with van der Waals surface area (Å²) in [5, 5.41) is 2.07. The number of hydrogen-bond acceptors (Lipinski definition) is 6. The molecule has 1 aliphatic carbocycles. The van der Waals surface area contributed by atoms with Gasteiger partial charge in [0.15, 0.2) is 6.26 Å². The number of carbonyl (C=O) groups is 1. The van der Waals surface area contributed by atoms with Crippen molar-refractivity contribution in [3.05, 3.63) is 78.3 Å². The van der Waals surface area contributed by atoms with Crippen molar-refractivity contribution in [3.8, 4) is 0 Å². The number of urea groups is 1. The third-order valence-corrected chi connectivity index (χ3v) is 8.20. The summed E-state index contributed by atoms with van der Waals surface area (Å²) in [6, 6.07) is 9.86. The van der Waals surface area contributed by atoms with Gasteiger partial charge in [0.1, 0.15) is 17.0 Å². The van der Waals surface area contributed by atoms with Gasteiger partial charge in [0, 0.05) is 37.3 Å². The number of fused-ring (bicyclic) bond motifs is 1. The van der Waals surface area contributed by atoms with E-state index >= 15 is 0 Å². The number of anilines is 1. The van der Waals surface area contributed by atoms with Gasteiger partial charge in [-0.15, -0.1) is 11.3 Å². The zero-order chi connectivity index (χ0) is 25.5. The zero-order valence-electron chi connectivity index (χ0n) is 21.3. The highest BCUT2D eigenvalue weighted by Gasteiger charge is 2.22. The van der Waals surface area contributed by atoms with E-state index in [1.54, 1.807) is 28.8 Å². The van der Waals surface area contributed by atoms with Gasteiger partial charge in [-0.25, -0.2) is 4.79 Å². The summed E-state index contributed by atoms with van der Waals surface area (Å²) >= 11 is 1.62. The molecule has 0 bridgehead atoms. The molecule has 7 nitrogen and oxygen atoms in total. The predicted molar refractivity (Wildman–Crippen MR) is 150 cm³/mol. The van der Waals surface area contributed by atoms with Crippen LogP contribution in [-0.2, 0) is 9.47 Å². The second-order valence-electron chi connectivity index (χ2n) is 9.75. The molecule has 5 rings (SSSR count). The molecule has 196 valence electrons. The fraction of sp³-hybridized carbons (Fsp3) is 0.414. The van der Waals surface area contributed by atoms with Gasteiger partial charge in [0.2, 0.25) is 5.88 Å². The summed E-state index contributed by atoms with van der Waals surface area (Å²) in [4.78, 5) is 18.7. The Morgan fingerprint density at radius 1 is 1.11 bits per heavy atom. The summed E-state index contributed by atoms with van der Waals surface area (Å²) in [5.74, 6) is 1.68. The molecule has 8 heteroatoms. The summed E-state index contributed by atoms with van der Waals surface area (Å²) < 4.78 is 13.0. The molecule has 2 aromatic rings. The number of hydrogen-bond donors (Lipinski definition) is 1. The third kappa shape index (κ3) is 6.76. The first-order chi connectivity index (χ1) is 18.2. The highest BCUT2D eigenvalue weighted by molar-refractivity contribution is 7.23. The van der Waals surface area contributed by atoms with Crippen molar-refractivity contribution in [2.45, 2.75) is 38.5 Å². The van der Waals surface area contributed by atoms with Gasteiger partial charge >= 0.3 is 6.03 Å². The molecule has 2 N–H and O–H groups in total. The van der Waals surface area contributed by atoms with Crippen LogP contribution in [-0.4, -0.2) is 55.1 Å². The number of benzene rings is 1. The minimum Gasteiger partial charge on any atom is -0.464 e. The Balaban J connectivity index is 1.06. The van der Waals surface area contributed by atoms with Crippen LogP contribution >= 0.6 is 11.3 Å². The summed E-state index contributed by atoms with van der Waals surface area (Å²) in [5.41, 5.74) is 7.10. The maximum Gasteiger partial charge on any atom is 0.319 e. The summed E-state index contributed by atoms with van der Waals surface area (Å²) in [6.07, 6.45) is 15.9. The molecule has 1 fully saturated rings. The Labute approximate surface area is 223 Å². The van der Waals surface area contributed by atoms with Crippen LogP contribution < -0.4 is 10.6 Å². The van der Waals surface area contributed by atoms with Crippen molar-refractivity contribution >= 4 is 32.5 Å². The van der Waals surface area contributed by atoms with Crippen molar-refractivity contribution in [1.82, 2.24) is 9.80 Å². The molecule has 1 saturated heterocycles. The predicted octanol–water partition coefficient (Wildman–Crippen LogP) is 5.93. The van der Waals surface area contributed by atoms with Crippen LogP contribution in [0.2, 0.25) is 0 Å². The van der Waals surface area contributed by atoms with Crippen LogP contribution in [0.15, 0.2) is 78.3 Å². The number of rotatable bonds is 9. The quantitative estimate of drug-likeness (QED) is 0.415. The first-order valence-electron chi connectivity index (χ1n) is 13.3. The van der Waals surface area contributed by atoms with Gasteiger partial charge in [-0.3, -0.25) is 4.90 Å². The van der Waals surface area contributed by atoms with E-state index in [2.05, 4.69) is 46.2 Å². The summed E-state index contributed by atoms with van der Waals surface area (Å²) in [7, 11) is 0. The standard InChI is InChI=1S/C29H36N4O3S/c30-29(34)33(28-20-24-11-4-5-12-26(24)37-28)16-7-6-13-31-14-8-15-32(18-17-31)27-22-35-21-25(36-27)19-23-9-2-1-3-10-23/h1-2,4-5,9,11-12,20-22H,3,6-8,10,13-19H2,(H2,30,34). The molecular formula is C29H36N4O3S. The lowest BCUT2D eigenvalue weighted by Gasteiger charge is -2.28. The number of amides is 2. The number of ether oxygens (including phenoxy) is 2. The number of thiophene rings is 1. The Morgan fingerprint density at radius 2 is 2.03 bits per heavy atom. The number of primary amides is 1. The molecule has 2 amide bonds. The van der Waals surface area contributed by atoms with E-state index in [0.29, 0.717) is 6.54 Å². The van der Waals surface area contributed by atoms with E-state index in [4.69, 9.17) is 15.2 Å². The van der Waals surface area contributed by atoms with Gasteiger partial charge in [-0.1, -0.05) is 42.0 Å². The Morgan fingerprint density at radius 3 is 2.86 bits per heavy atom. The molecule has 1 aromatic heterocycles. The maximum atomic E-state index is 12.1. The number of unbranched alkanes of at least 4 members (excludes halogenated alkanes) is 1. The molecule has 0 radical (unpaired) electrons. The third-order valence-electron chi connectivity index (χ3n) is 7.06. The van der Waals surface area contributed by atoms with Crippen LogP contribution in [0.3, 0.4) is 0 Å². The first-order valence-corrected chi connectivity index (χ1v) is 14.1. The second-order valence-corrected chi connectivity index (χ2v) is 10.8. The molecule has 1 aromatic carbocycles. The monoisotopic (exact) mass is 520 g/mol. The maximum absolute atomic E-state index is 12.1. The van der Waals surface area contributed by atoms with E-state index in [9.17, 15) is 4.79 Å². The first kappa shape index (κ1) is 25.4. The van der Waals surface area contributed by atoms with E-state index in [1.807, 2.05) is 12.1 Å². The molecule has 37 heavy (non-hydrogen) atoms. The lowest BCUT2D eigenvalue weighted by atomic mass is 10.0. The van der Waals surface area contributed by atoms with E-state index < -0.39 is 0 Å². The minimum atomic E-state index is -0.385. The topological polar surface area (TPSA) is 71.3 Å². The Hall–Kier alpha value is -3.23. The summed E-state index contributed by atoms with van der Waals surface area (Å²) in [6.45, 7) is 5.54. The SMILES string of the molecule is NC(=O)N(CCCCN1CCCN(C2=COC=C(CC3=CC=CCC3)O2)CC1)c1cc2ccccc2s1. The van der Waals surface area contributed by atoms with Gasteiger partial charge < -0.3 is 25.0 Å². The van der Waals surface area contributed by atoms with Crippen LogP contribution in [0.4, 0.5) is 9.80 Å². The highest BCUT2D eigenvalue weighted by Crippen LogP contribution is 2.32. The average Bonchev–Trinajstić information content (AvgIpc) is 3.19. The molecule has 3 heterocycles. The molecule has 2 aliphatic heterocycles. The van der Waals surface area contributed by atoms with Gasteiger partial charge in [0.05, 0.1) is 0 Å². The number of nitrogens with two attached hydrogens (primary N) is 1. The second kappa shape index (κ2) is 12.3. The van der Waals surface area contributed by atoms with Gasteiger partial charge in [-0.05, 0) is 62.7 Å². The van der Waals surface area contributed by atoms with Crippen LogP contribution in [0.25, 0.3) is 10.1 Å². The Bertz CT molecular complexity index is 1180. The van der Waals surface area contributed by atoms with Crippen molar-refractivity contribution in [2.75, 3.05) is 44.2 Å². The van der Waals surface area contributed by atoms with Gasteiger partial charge in [-0.2, -0.15) is 0 Å². The van der Waals surface area contributed by atoms with Crippen LogP contribution in [0.5, 0.6) is 0 Å². The number of allylic oxidation sites excluding steroid dienone is 4. The molecule has 0 unspecified atom stereocenters. The molecule has 3 aliphatic rings. The Kier molecular flexibility index (Phi) is 8.48. The lowest BCUT2D eigenvalue weighted by molar-refractivity contribution is 0.120. The zero-order valence-corrected chi connectivity index (χ0v) is 22.1. The van der Waals surface area contributed by atoms with Crippen molar-refractivity contribution in [2.24, 2.45) is 5.73 Å². The fourth-order valence-corrected chi connectivity index (χ4v) is 6.14. The van der Waals surface area contributed by atoms with E-state index in [-0.39, 0.29) is 6.03 Å². The minimum absolute atomic E-state index is 0.385. The van der Waals surface area contributed by atoms with Crippen LogP contribution in [0, 0.1) is 0 Å². The van der Waals surface area contributed by atoms with Gasteiger partial charge in [0.25, 0.3) is 0 Å². The van der Waals surface area contributed by atoms with E-state index in [1.165, 1.54) is 10.3 Å². The van der Waals surface area contributed by atoms with Crippen molar-refractivity contribution < 1.29 is 14.3 Å². The highest BCUT2D eigenvalue weighted by atomic mass is 32.1. The number of nitrogens with zero attached hydrogens (tertiary/aromatic N) is 3. The normalized spacial score (nSPS) is 18.4. The average molecular weight is 521 g/mol. The molecular weight excluding hydrogens is 484 g/mol. The lowest BCUT2D eigenvalue weighted by Crippen LogP contribution is -2.36. The van der Waals surface area contributed by atoms with Crippen molar-refractivity contribution in [3.63, 3.8) is 0 Å². The largest absolute Gasteiger partial charge is 0.464 e. The number of carbonyl (C=O) groups excluding carboxylic acids is 1. The molecule has 0 saturated carbocycles.